The van der Waals surface area contributed by atoms with Crippen molar-refractivity contribution in [2.24, 2.45) is 17.8 Å². The molecule has 5 fully saturated rings. The molecule has 8 heteroatoms. The van der Waals surface area contributed by atoms with Gasteiger partial charge in [-0.2, -0.15) is 0 Å². The number of hydrogen-bond donors (Lipinski definition) is 1. The Balaban J connectivity index is 1.26. The zero-order valence-corrected chi connectivity index (χ0v) is 22.2. The normalized spacial score (nSPS) is 30.0. The van der Waals surface area contributed by atoms with E-state index in [9.17, 15) is 14.4 Å². The van der Waals surface area contributed by atoms with Gasteiger partial charge >= 0.3 is 0 Å². The van der Waals surface area contributed by atoms with E-state index >= 15 is 0 Å². The van der Waals surface area contributed by atoms with Crippen LogP contribution in [0.5, 0.6) is 0 Å². The Bertz CT molecular complexity index is 1130. The molecule has 202 valence electrons. The van der Waals surface area contributed by atoms with Crippen molar-refractivity contribution in [2.45, 2.75) is 56.3 Å². The molecular weight excluding hydrogens is 480 g/mol. The molecule has 2 saturated carbocycles. The second-order valence-electron chi connectivity index (χ2n) is 11.7. The number of rotatable bonds is 6. The third kappa shape index (κ3) is 4.76. The van der Waals surface area contributed by atoms with Gasteiger partial charge in [0.05, 0.1) is 12.0 Å². The molecule has 0 bridgehead atoms. The molecule has 38 heavy (non-hydrogen) atoms. The van der Waals surface area contributed by atoms with E-state index < -0.39 is 11.7 Å². The van der Waals surface area contributed by atoms with Crippen molar-refractivity contribution in [1.29, 1.82) is 0 Å². The Labute approximate surface area is 225 Å². The molecule has 0 radical (unpaired) electrons. The van der Waals surface area contributed by atoms with Crippen LogP contribution in [0.1, 0.15) is 48.9 Å². The van der Waals surface area contributed by atoms with Crippen molar-refractivity contribution in [1.82, 2.24) is 15.1 Å². The summed E-state index contributed by atoms with van der Waals surface area (Å²) < 4.78 is 5.92. The molecule has 1 aromatic carbocycles. The van der Waals surface area contributed by atoms with E-state index in [4.69, 9.17) is 4.74 Å². The van der Waals surface area contributed by atoms with Crippen molar-refractivity contribution in [3.05, 3.63) is 29.8 Å². The van der Waals surface area contributed by atoms with Gasteiger partial charge in [-0.3, -0.25) is 19.3 Å². The number of carbonyl (C=O) groups is 3. The number of anilines is 1. The third-order valence-electron chi connectivity index (χ3n) is 9.18. The van der Waals surface area contributed by atoms with Crippen LogP contribution in [-0.2, 0) is 14.3 Å². The number of benzene rings is 1. The molecular formula is C30H38N4O4. The first-order chi connectivity index (χ1) is 18.5. The fourth-order valence-corrected chi connectivity index (χ4v) is 6.73. The Morgan fingerprint density at radius 3 is 2.42 bits per heavy atom. The molecule has 4 atom stereocenters. The summed E-state index contributed by atoms with van der Waals surface area (Å²) in [5, 5.41) is 3.16. The fraction of sp³-hybridized carbons (Fsp3) is 0.633. The van der Waals surface area contributed by atoms with E-state index in [1.165, 1.54) is 0 Å². The predicted octanol–water partition coefficient (Wildman–Crippen LogP) is 1.94. The first-order valence-electron chi connectivity index (χ1n) is 14.2. The molecule has 0 aromatic heterocycles. The summed E-state index contributed by atoms with van der Waals surface area (Å²) in [6.07, 6.45) is 6.47. The van der Waals surface area contributed by atoms with Crippen LogP contribution in [0, 0.1) is 29.6 Å². The predicted molar refractivity (Wildman–Crippen MR) is 144 cm³/mol. The van der Waals surface area contributed by atoms with Gasteiger partial charge < -0.3 is 19.9 Å². The number of nitrogens with zero attached hydrogens (tertiary/aromatic N) is 3. The molecule has 8 nitrogen and oxygen atoms in total. The molecule has 5 aliphatic rings. The van der Waals surface area contributed by atoms with Gasteiger partial charge in [0.1, 0.15) is 12.6 Å². The number of ether oxygens (including phenoxy) is 1. The summed E-state index contributed by atoms with van der Waals surface area (Å²) in [5.74, 6) is 6.63. The quantitative estimate of drug-likeness (QED) is 0.455. The maximum atomic E-state index is 13.7. The number of likely N-dealkylation sites (N-methyl/N-ethyl adjacent to an activating group) is 1. The lowest BCUT2D eigenvalue weighted by Gasteiger charge is -2.44. The molecule has 1 N–H and O–H groups in total. The Kier molecular flexibility index (Phi) is 7.02. The lowest BCUT2D eigenvalue weighted by atomic mass is 9.88. The number of Topliss-reactive ketones (excluding diaryl/α,β-unsaturated/α-hetero) is 1. The van der Waals surface area contributed by atoms with Crippen LogP contribution in [0.4, 0.5) is 5.69 Å². The highest BCUT2D eigenvalue weighted by Gasteiger charge is 2.59. The molecule has 3 aliphatic heterocycles. The Morgan fingerprint density at radius 2 is 1.76 bits per heavy atom. The minimum Gasteiger partial charge on any atom is -0.369 e. The van der Waals surface area contributed by atoms with Gasteiger partial charge in [-0.15, -0.1) is 0 Å². The molecule has 3 heterocycles. The first-order valence-corrected chi connectivity index (χ1v) is 14.2. The second kappa shape index (κ2) is 10.4. The Morgan fingerprint density at radius 1 is 1.05 bits per heavy atom. The molecule has 2 aliphatic carbocycles. The van der Waals surface area contributed by atoms with Gasteiger partial charge in [0.15, 0.2) is 17.7 Å². The van der Waals surface area contributed by atoms with E-state index in [0.29, 0.717) is 18.0 Å². The van der Waals surface area contributed by atoms with Gasteiger partial charge in [0, 0.05) is 55.8 Å². The number of likely N-dealkylation sites (tertiary alicyclic amines) is 1. The summed E-state index contributed by atoms with van der Waals surface area (Å²) in [4.78, 5) is 46.4. The smallest absolute Gasteiger partial charge is 0.253 e. The van der Waals surface area contributed by atoms with Crippen LogP contribution in [0.3, 0.4) is 0 Å². The number of fused-ring (bicyclic) bond motifs is 1. The SMILES string of the molecule is CN1CCN(c2ccc(C(=O)NC(C=O)(C3CCCC3)N3CC(C#CC4CC4)C4OCC(=O)C43)cc2)CC1. The van der Waals surface area contributed by atoms with E-state index in [-0.39, 0.29) is 36.2 Å². The van der Waals surface area contributed by atoms with Crippen LogP contribution in [-0.4, -0.2) is 92.0 Å². The summed E-state index contributed by atoms with van der Waals surface area (Å²) in [7, 11) is 2.13. The van der Waals surface area contributed by atoms with Crippen LogP contribution in [0.15, 0.2) is 24.3 Å². The number of hydrogen-bond acceptors (Lipinski definition) is 7. The molecule has 1 amide bonds. The number of ketones is 1. The van der Waals surface area contributed by atoms with Crippen molar-refractivity contribution < 1.29 is 19.1 Å². The zero-order valence-electron chi connectivity index (χ0n) is 22.2. The van der Waals surface area contributed by atoms with E-state index in [0.717, 1.165) is 76.7 Å². The molecule has 0 spiro atoms. The van der Waals surface area contributed by atoms with E-state index in [1.807, 2.05) is 29.2 Å². The highest BCUT2D eigenvalue weighted by atomic mass is 16.5. The van der Waals surface area contributed by atoms with Crippen LogP contribution >= 0.6 is 0 Å². The maximum absolute atomic E-state index is 13.7. The van der Waals surface area contributed by atoms with Gasteiger partial charge in [-0.05, 0) is 57.0 Å². The van der Waals surface area contributed by atoms with Crippen LogP contribution < -0.4 is 10.2 Å². The summed E-state index contributed by atoms with van der Waals surface area (Å²) in [6, 6.07) is 7.10. The number of amides is 1. The standard InChI is InChI=1S/C30H38N4O4/c1-32-14-16-33(17-15-32)25-12-10-22(11-13-25)29(37)31-30(20-35,24-4-2-3-5-24)34-18-23(9-8-21-6-7-21)28-27(34)26(36)19-38-28/h10-13,20-21,23-24,27-28H,2-7,14-19H2,1H3,(H,31,37). The molecule has 4 unspecified atom stereocenters. The maximum Gasteiger partial charge on any atom is 0.253 e. The van der Waals surface area contributed by atoms with Crippen molar-refractivity contribution >= 4 is 23.7 Å². The summed E-state index contributed by atoms with van der Waals surface area (Å²) >= 11 is 0. The van der Waals surface area contributed by atoms with E-state index in [1.54, 1.807) is 0 Å². The topological polar surface area (TPSA) is 82.2 Å². The second-order valence-corrected chi connectivity index (χ2v) is 11.7. The number of carbonyl (C=O) groups excluding carboxylic acids is 3. The van der Waals surface area contributed by atoms with Gasteiger partial charge in [-0.25, -0.2) is 0 Å². The monoisotopic (exact) mass is 518 g/mol. The highest BCUT2D eigenvalue weighted by molar-refractivity contribution is 5.97. The average Bonchev–Trinajstić information content (AvgIpc) is 3.28. The van der Waals surface area contributed by atoms with Crippen LogP contribution in [0.25, 0.3) is 0 Å². The van der Waals surface area contributed by atoms with Crippen LogP contribution in [0.2, 0.25) is 0 Å². The molecule has 1 aromatic rings. The van der Waals surface area contributed by atoms with Crippen molar-refractivity contribution in [3.63, 3.8) is 0 Å². The average molecular weight is 519 g/mol. The molecule has 6 rings (SSSR count). The highest BCUT2D eigenvalue weighted by Crippen LogP contribution is 2.43. The number of aldehydes is 1. The van der Waals surface area contributed by atoms with E-state index in [2.05, 4.69) is 34.0 Å². The minimum absolute atomic E-state index is 0.0271. The third-order valence-corrected chi connectivity index (χ3v) is 9.18. The largest absolute Gasteiger partial charge is 0.369 e. The van der Waals surface area contributed by atoms with Gasteiger partial charge in [0.2, 0.25) is 0 Å². The molecule has 3 saturated heterocycles. The lowest BCUT2D eigenvalue weighted by molar-refractivity contribution is -0.131. The number of piperazine rings is 1. The van der Waals surface area contributed by atoms with Crippen molar-refractivity contribution in [2.75, 3.05) is 51.3 Å². The Hall–Kier alpha value is -2.73. The number of nitrogens with one attached hydrogen (secondary N) is 1. The summed E-state index contributed by atoms with van der Waals surface area (Å²) in [5.41, 5.74) is 0.355. The summed E-state index contributed by atoms with van der Waals surface area (Å²) in [6.45, 7) is 4.41. The lowest BCUT2D eigenvalue weighted by Crippen LogP contribution is -2.68. The first kappa shape index (κ1) is 25.5. The fourth-order valence-electron chi connectivity index (χ4n) is 6.73. The van der Waals surface area contributed by atoms with Crippen molar-refractivity contribution in [3.8, 4) is 11.8 Å². The van der Waals surface area contributed by atoms with Gasteiger partial charge in [0.25, 0.3) is 5.91 Å². The van der Waals surface area contributed by atoms with Gasteiger partial charge in [-0.1, -0.05) is 24.7 Å². The minimum atomic E-state index is -1.26. The zero-order chi connectivity index (χ0) is 26.3.